The molecule has 5 nitrogen and oxygen atoms in total. The van der Waals surface area contributed by atoms with Gasteiger partial charge in [-0.15, -0.1) is 0 Å². The van der Waals surface area contributed by atoms with Gasteiger partial charge in [-0.1, -0.05) is 26.0 Å². The predicted octanol–water partition coefficient (Wildman–Crippen LogP) is 3.37. The molecule has 4 rings (SSSR count). The number of benzene rings is 1. The van der Waals surface area contributed by atoms with Crippen LogP contribution in [0, 0.1) is 17.2 Å². The van der Waals surface area contributed by atoms with Gasteiger partial charge in [0.15, 0.2) is 5.96 Å². The summed E-state index contributed by atoms with van der Waals surface area (Å²) in [5.74, 6) is 1.29. The topological polar surface area (TPSA) is 46.1 Å². The van der Waals surface area contributed by atoms with Crippen molar-refractivity contribution in [3.05, 3.63) is 35.6 Å². The lowest BCUT2D eigenvalue weighted by atomic mass is 9.57. The smallest absolute Gasteiger partial charge is 0.194 e. The zero-order chi connectivity index (χ0) is 19.9. The lowest BCUT2D eigenvalue weighted by molar-refractivity contribution is -0.108. The first kappa shape index (κ1) is 19.6. The maximum atomic E-state index is 13.3. The van der Waals surface area contributed by atoms with Crippen LogP contribution in [0.4, 0.5) is 4.39 Å². The molecule has 1 aliphatic carbocycles. The van der Waals surface area contributed by atoms with Crippen molar-refractivity contribution >= 4 is 5.96 Å². The van der Waals surface area contributed by atoms with E-state index in [1.807, 2.05) is 12.1 Å². The number of guanidine groups is 1. The van der Waals surface area contributed by atoms with Crippen LogP contribution >= 0.6 is 0 Å². The summed E-state index contributed by atoms with van der Waals surface area (Å²) in [5, 5.41) is 3.77. The number of hydrogen-bond acceptors (Lipinski definition) is 3. The Bertz CT molecular complexity index is 721. The van der Waals surface area contributed by atoms with Crippen molar-refractivity contribution in [3.63, 3.8) is 0 Å². The SMILES string of the molecule is CCN=C(NC1C2CCOC2C1(C)C)N1CC(C)OC(c2ccc(F)cc2)C1. The Labute approximate surface area is 167 Å². The van der Waals surface area contributed by atoms with E-state index in [2.05, 4.69) is 37.9 Å². The number of hydrogen-bond donors (Lipinski definition) is 1. The highest BCUT2D eigenvalue weighted by Crippen LogP contribution is 2.52. The average molecular weight is 390 g/mol. The van der Waals surface area contributed by atoms with Gasteiger partial charge in [0.25, 0.3) is 0 Å². The fraction of sp³-hybridized carbons (Fsp3) is 0.682. The zero-order valence-corrected chi connectivity index (χ0v) is 17.3. The van der Waals surface area contributed by atoms with E-state index in [0.29, 0.717) is 24.6 Å². The molecule has 1 aromatic carbocycles. The van der Waals surface area contributed by atoms with Crippen LogP contribution in [0.5, 0.6) is 0 Å². The van der Waals surface area contributed by atoms with E-state index in [0.717, 1.165) is 37.6 Å². The Hall–Kier alpha value is -1.66. The summed E-state index contributed by atoms with van der Waals surface area (Å²) in [6.45, 7) is 11.8. The Morgan fingerprint density at radius 1 is 1.29 bits per heavy atom. The van der Waals surface area contributed by atoms with Gasteiger partial charge in [0, 0.05) is 37.1 Å². The first-order valence-corrected chi connectivity index (χ1v) is 10.5. The molecule has 2 aliphatic heterocycles. The van der Waals surface area contributed by atoms with Crippen LogP contribution in [0.2, 0.25) is 0 Å². The Morgan fingerprint density at radius 3 is 2.75 bits per heavy atom. The summed E-state index contributed by atoms with van der Waals surface area (Å²) in [7, 11) is 0. The van der Waals surface area contributed by atoms with Gasteiger partial charge >= 0.3 is 0 Å². The van der Waals surface area contributed by atoms with Gasteiger partial charge in [-0.2, -0.15) is 0 Å². The van der Waals surface area contributed by atoms with Gasteiger partial charge < -0.3 is 19.7 Å². The second kappa shape index (κ2) is 7.64. The Balaban J connectivity index is 1.50. The summed E-state index contributed by atoms with van der Waals surface area (Å²) in [6.07, 6.45) is 1.45. The summed E-state index contributed by atoms with van der Waals surface area (Å²) in [5.41, 5.74) is 1.10. The van der Waals surface area contributed by atoms with Crippen LogP contribution in [-0.4, -0.2) is 55.4 Å². The summed E-state index contributed by atoms with van der Waals surface area (Å²) < 4.78 is 25.4. The molecule has 3 fully saturated rings. The van der Waals surface area contributed by atoms with Crippen LogP contribution in [0.1, 0.15) is 45.8 Å². The lowest BCUT2D eigenvalue weighted by Gasteiger charge is -2.55. The van der Waals surface area contributed by atoms with E-state index >= 15 is 0 Å². The Kier molecular flexibility index (Phi) is 5.36. The largest absolute Gasteiger partial charge is 0.377 e. The van der Waals surface area contributed by atoms with Crippen molar-refractivity contribution in [1.82, 2.24) is 10.2 Å². The van der Waals surface area contributed by atoms with Gasteiger partial charge in [0.2, 0.25) is 0 Å². The third-order valence-electron chi connectivity index (χ3n) is 6.49. The number of fused-ring (bicyclic) bond motifs is 1. The molecule has 28 heavy (non-hydrogen) atoms. The third kappa shape index (κ3) is 3.52. The fourth-order valence-electron chi connectivity index (χ4n) is 5.13. The highest BCUT2D eigenvalue weighted by Gasteiger charge is 2.59. The summed E-state index contributed by atoms with van der Waals surface area (Å²) >= 11 is 0. The summed E-state index contributed by atoms with van der Waals surface area (Å²) in [6, 6.07) is 7.00. The van der Waals surface area contributed by atoms with Gasteiger partial charge in [0.1, 0.15) is 11.9 Å². The second-order valence-corrected chi connectivity index (χ2v) is 8.88. The van der Waals surface area contributed by atoms with E-state index in [1.54, 1.807) is 0 Å². The first-order chi connectivity index (χ1) is 13.4. The Morgan fingerprint density at radius 2 is 2.04 bits per heavy atom. The number of ether oxygens (including phenoxy) is 2. The van der Waals surface area contributed by atoms with Crippen molar-refractivity contribution in [2.45, 2.75) is 58.5 Å². The quantitative estimate of drug-likeness (QED) is 0.636. The first-order valence-electron chi connectivity index (χ1n) is 10.5. The maximum absolute atomic E-state index is 13.3. The molecular weight excluding hydrogens is 357 g/mol. The number of rotatable bonds is 3. The van der Waals surface area contributed by atoms with E-state index < -0.39 is 0 Å². The van der Waals surface area contributed by atoms with E-state index in [-0.39, 0.29) is 23.4 Å². The molecule has 2 saturated heterocycles. The molecule has 0 bridgehead atoms. The molecule has 0 amide bonds. The molecule has 1 N–H and O–H groups in total. The van der Waals surface area contributed by atoms with E-state index in [4.69, 9.17) is 14.5 Å². The number of nitrogens with zero attached hydrogens (tertiary/aromatic N) is 2. The summed E-state index contributed by atoms with van der Waals surface area (Å²) in [4.78, 5) is 7.10. The number of morpholine rings is 1. The highest BCUT2D eigenvalue weighted by molar-refractivity contribution is 5.81. The monoisotopic (exact) mass is 389 g/mol. The van der Waals surface area contributed by atoms with Crippen molar-refractivity contribution in [1.29, 1.82) is 0 Å². The highest BCUT2D eigenvalue weighted by atomic mass is 19.1. The molecule has 1 aromatic rings. The normalized spacial score (nSPS) is 34.7. The van der Waals surface area contributed by atoms with E-state index in [1.165, 1.54) is 12.1 Å². The van der Waals surface area contributed by atoms with Crippen molar-refractivity contribution < 1.29 is 13.9 Å². The fourth-order valence-corrected chi connectivity index (χ4v) is 5.13. The number of aliphatic imine (C=N–C) groups is 1. The maximum Gasteiger partial charge on any atom is 0.194 e. The number of halogens is 1. The standard InChI is InChI=1S/C22H32FN3O2/c1-5-24-21(25-19-17-10-11-27-20(17)22(19,3)4)26-12-14(2)28-18(13-26)15-6-8-16(23)9-7-15/h6-9,14,17-20H,5,10-13H2,1-4H3,(H,24,25). The van der Waals surface area contributed by atoms with Crippen molar-refractivity contribution in [3.8, 4) is 0 Å². The lowest BCUT2D eigenvalue weighted by Crippen LogP contribution is -2.68. The van der Waals surface area contributed by atoms with Crippen LogP contribution in [0.3, 0.4) is 0 Å². The van der Waals surface area contributed by atoms with Crippen molar-refractivity contribution in [2.75, 3.05) is 26.2 Å². The molecule has 2 heterocycles. The minimum Gasteiger partial charge on any atom is -0.377 e. The van der Waals surface area contributed by atoms with E-state index in [9.17, 15) is 4.39 Å². The third-order valence-corrected chi connectivity index (χ3v) is 6.49. The molecule has 3 aliphatic rings. The van der Waals surface area contributed by atoms with Crippen LogP contribution in [0.25, 0.3) is 0 Å². The molecular formula is C22H32FN3O2. The minimum atomic E-state index is -0.222. The second-order valence-electron chi connectivity index (χ2n) is 8.88. The van der Waals surface area contributed by atoms with Gasteiger partial charge in [-0.3, -0.25) is 4.99 Å². The molecule has 154 valence electrons. The zero-order valence-electron chi connectivity index (χ0n) is 17.3. The van der Waals surface area contributed by atoms with Crippen molar-refractivity contribution in [2.24, 2.45) is 16.3 Å². The molecule has 1 saturated carbocycles. The number of nitrogens with one attached hydrogen (secondary N) is 1. The van der Waals surface area contributed by atoms with Crippen LogP contribution < -0.4 is 5.32 Å². The van der Waals surface area contributed by atoms with Crippen LogP contribution in [-0.2, 0) is 9.47 Å². The molecule has 0 radical (unpaired) electrons. The molecule has 5 atom stereocenters. The van der Waals surface area contributed by atoms with Crippen LogP contribution in [0.15, 0.2) is 29.3 Å². The predicted molar refractivity (Wildman–Crippen MR) is 108 cm³/mol. The van der Waals surface area contributed by atoms with Gasteiger partial charge in [-0.25, -0.2) is 4.39 Å². The molecule has 5 unspecified atom stereocenters. The molecule has 6 heteroatoms. The average Bonchev–Trinajstić information content (AvgIpc) is 3.12. The minimum absolute atomic E-state index is 0.0737. The van der Waals surface area contributed by atoms with Gasteiger partial charge in [0.05, 0.1) is 18.8 Å². The molecule has 0 spiro atoms. The van der Waals surface area contributed by atoms with Gasteiger partial charge in [-0.05, 0) is 38.0 Å². The molecule has 0 aromatic heterocycles.